The van der Waals surface area contributed by atoms with Crippen LogP contribution in [-0.2, 0) is 4.79 Å². The van der Waals surface area contributed by atoms with Gasteiger partial charge in [0.05, 0.1) is 3.79 Å². The molecule has 0 atom stereocenters. The van der Waals surface area contributed by atoms with Crippen LogP contribution in [0.15, 0.2) is 22.0 Å². The molecule has 0 radical (unpaired) electrons. The number of halogens is 1. The molecule has 1 aromatic rings. The summed E-state index contributed by atoms with van der Waals surface area (Å²) in [6.45, 7) is 4.86. The van der Waals surface area contributed by atoms with E-state index in [1.807, 2.05) is 18.2 Å². The predicted molar refractivity (Wildman–Crippen MR) is 68.9 cm³/mol. The molecule has 0 aromatic carbocycles. The second-order valence-corrected chi connectivity index (χ2v) is 6.11. The van der Waals surface area contributed by atoms with E-state index in [4.69, 9.17) is 0 Å². The van der Waals surface area contributed by atoms with Crippen LogP contribution in [0.2, 0.25) is 0 Å². The average Bonchev–Trinajstić information content (AvgIpc) is 2.58. The molecule has 82 valence electrons. The van der Waals surface area contributed by atoms with E-state index in [0.717, 1.165) is 15.2 Å². The molecule has 0 aliphatic rings. The fourth-order valence-electron chi connectivity index (χ4n) is 0.939. The van der Waals surface area contributed by atoms with Crippen molar-refractivity contribution in [3.05, 3.63) is 26.9 Å². The van der Waals surface area contributed by atoms with Crippen LogP contribution in [0.4, 0.5) is 0 Å². The molecule has 0 aliphatic carbocycles. The van der Waals surface area contributed by atoms with Crippen LogP contribution in [-0.4, -0.2) is 12.5 Å². The van der Waals surface area contributed by atoms with Crippen molar-refractivity contribution in [1.82, 2.24) is 5.32 Å². The van der Waals surface area contributed by atoms with Gasteiger partial charge in [0, 0.05) is 17.5 Å². The Labute approximate surface area is 103 Å². The largest absolute Gasteiger partial charge is 0.352 e. The number of thiophene rings is 1. The summed E-state index contributed by atoms with van der Waals surface area (Å²) >= 11 is 4.98. The van der Waals surface area contributed by atoms with Crippen LogP contribution in [0, 0.1) is 5.92 Å². The maximum absolute atomic E-state index is 11.3. The van der Waals surface area contributed by atoms with E-state index in [0.29, 0.717) is 5.92 Å². The molecule has 0 saturated carbocycles. The third kappa shape index (κ3) is 5.14. The summed E-state index contributed by atoms with van der Waals surface area (Å²) in [7, 11) is 0. The zero-order valence-electron chi connectivity index (χ0n) is 8.79. The van der Waals surface area contributed by atoms with Gasteiger partial charge >= 0.3 is 0 Å². The molecule has 1 rings (SSSR count). The Hall–Kier alpha value is -0.610. The van der Waals surface area contributed by atoms with Crippen molar-refractivity contribution in [2.75, 3.05) is 6.54 Å². The molecule has 0 spiro atoms. The normalized spacial score (nSPS) is 11.2. The first-order chi connectivity index (χ1) is 7.08. The molecule has 1 N–H and O–H groups in total. The first-order valence-corrected chi connectivity index (χ1v) is 6.40. The van der Waals surface area contributed by atoms with Crippen molar-refractivity contribution in [1.29, 1.82) is 0 Å². The van der Waals surface area contributed by atoms with E-state index in [9.17, 15) is 4.79 Å². The van der Waals surface area contributed by atoms with Gasteiger partial charge in [-0.05, 0) is 40.1 Å². The fourth-order valence-corrected chi connectivity index (χ4v) is 2.27. The maximum Gasteiger partial charge on any atom is 0.244 e. The van der Waals surface area contributed by atoms with Gasteiger partial charge in [0.15, 0.2) is 0 Å². The lowest BCUT2D eigenvalue weighted by molar-refractivity contribution is -0.116. The van der Waals surface area contributed by atoms with Crippen LogP contribution in [0.5, 0.6) is 0 Å². The molecule has 0 aliphatic heterocycles. The number of amides is 1. The monoisotopic (exact) mass is 287 g/mol. The average molecular weight is 288 g/mol. The SMILES string of the molecule is CC(C)CNC(=O)/C=C/c1ccc(Br)s1. The zero-order chi connectivity index (χ0) is 11.3. The molecule has 4 heteroatoms. The van der Waals surface area contributed by atoms with Gasteiger partial charge in [0.1, 0.15) is 0 Å². The lowest BCUT2D eigenvalue weighted by Crippen LogP contribution is -2.25. The van der Waals surface area contributed by atoms with E-state index in [-0.39, 0.29) is 5.91 Å². The quantitative estimate of drug-likeness (QED) is 0.846. The highest BCUT2D eigenvalue weighted by Crippen LogP contribution is 2.22. The number of carbonyl (C=O) groups excluding carboxylic acids is 1. The smallest absolute Gasteiger partial charge is 0.244 e. The van der Waals surface area contributed by atoms with Crippen molar-refractivity contribution in [3.8, 4) is 0 Å². The number of carbonyl (C=O) groups is 1. The Morgan fingerprint density at radius 1 is 1.60 bits per heavy atom. The molecule has 15 heavy (non-hydrogen) atoms. The van der Waals surface area contributed by atoms with Gasteiger partial charge < -0.3 is 5.32 Å². The maximum atomic E-state index is 11.3. The summed E-state index contributed by atoms with van der Waals surface area (Å²) < 4.78 is 1.07. The summed E-state index contributed by atoms with van der Waals surface area (Å²) in [4.78, 5) is 12.4. The van der Waals surface area contributed by atoms with Gasteiger partial charge in [0.2, 0.25) is 5.91 Å². The van der Waals surface area contributed by atoms with Gasteiger partial charge in [-0.2, -0.15) is 0 Å². The van der Waals surface area contributed by atoms with Crippen molar-refractivity contribution >= 4 is 39.2 Å². The van der Waals surface area contributed by atoms with Gasteiger partial charge in [0.25, 0.3) is 0 Å². The summed E-state index contributed by atoms with van der Waals surface area (Å²) in [6.07, 6.45) is 3.39. The van der Waals surface area contributed by atoms with Gasteiger partial charge in [-0.25, -0.2) is 0 Å². The Balaban J connectivity index is 2.40. The highest BCUT2D eigenvalue weighted by molar-refractivity contribution is 9.11. The van der Waals surface area contributed by atoms with Gasteiger partial charge in [-0.1, -0.05) is 13.8 Å². The number of nitrogens with one attached hydrogen (secondary N) is 1. The molecule has 0 fully saturated rings. The Bertz CT molecular complexity index is 357. The van der Waals surface area contributed by atoms with E-state index in [1.54, 1.807) is 17.4 Å². The molecule has 2 nitrogen and oxygen atoms in total. The highest BCUT2D eigenvalue weighted by Gasteiger charge is 1.98. The molecule has 0 bridgehead atoms. The van der Waals surface area contributed by atoms with Gasteiger partial charge in [-0.3, -0.25) is 4.79 Å². The summed E-state index contributed by atoms with van der Waals surface area (Å²) in [5.41, 5.74) is 0. The summed E-state index contributed by atoms with van der Waals surface area (Å²) in [6, 6.07) is 3.94. The third-order valence-electron chi connectivity index (χ3n) is 1.68. The molecule has 0 saturated heterocycles. The van der Waals surface area contributed by atoms with Crippen LogP contribution < -0.4 is 5.32 Å². The van der Waals surface area contributed by atoms with Crippen LogP contribution >= 0.6 is 27.3 Å². The molecule has 1 aromatic heterocycles. The summed E-state index contributed by atoms with van der Waals surface area (Å²) in [5, 5.41) is 2.83. The minimum atomic E-state index is -0.0341. The van der Waals surface area contributed by atoms with Crippen LogP contribution in [0.1, 0.15) is 18.7 Å². The van der Waals surface area contributed by atoms with Crippen molar-refractivity contribution in [2.24, 2.45) is 5.92 Å². The van der Waals surface area contributed by atoms with E-state index in [1.165, 1.54) is 0 Å². The second-order valence-electron chi connectivity index (χ2n) is 3.61. The van der Waals surface area contributed by atoms with Crippen molar-refractivity contribution in [3.63, 3.8) is 0 Å². The van der Waals surface area contributed by atoms with E-state index in [2.05, 4.69) is 35.1 Å². The van der Waals surface area contributed by atoms with Crippen LogP contribution in [0.25, 0.3) is 6.08 Å². The minimum absolute atomic E-state index is 0.0341. The molecule has 1 heterocycles. The topological polar surface area (TPSA) is 29.1 Å². The Morgan fingerprint density at radius 2 is 2.33 bits per heavy atom. The molecule has 0 unspecified atom stereocenters. The molecular weight excluding hydrogens is 274 g/mol. The molecule has 1 amide bonds. The van der Waals surface area contributed by atoms with E-state index < -0.39 is 0 Å². The van der Waals surface area contributed by atoms with E-state index >= 15 is 0 Å². The van der Waals surface area contributed by atoms with Gasteiger partial charge in [-0.15, -0.1) is 11.3 Å². The standard InChI is InChI=1S/C11H14BrNOS/c1-8(2)7-13-11(14)6-4-9-3-5-10(12)15-9/h3-6,8H,7H2,1-2H3,(H,13,14)/b6-4+. The Kier molecular flexibility index (Phi) is 5.05. The lowest BCUT2D eigenvalue weighted by atomic mass is 10.2. The lowest BCUT2D eigenvalue weighted by Gasteiger charge is -2.03. The summed E-state index contributed by atoms with van der Waals surface area (Å²) in [5.74, 6) is 0.450. The number of hydrogen-bond acceptors (Lipinski definition) is 2. The number of rotatable bonds is 4. The van der Waals surface area contributed by atoms with Crippen molar-refractivity contribution in [2.45, 2.75) is 13.8 Å². The predicted octanol–water partition coefficient (Wildman–Crippen LogP) is 3.30. The third-order valence-corrected chi connectivity index (χ3v) is 3.27. The molecular formula is C11H14BrNOS. The highest BCUT2D eigenvalue weighted by atomic mass is 79.9. The zero-order valence-corrected chi connectivity index (χ0v) is 11.2. The van der Waals surface area contributed by atoms with Crippen molar-refractivity contribution < 1.29 is 4.79 Å². The first kappa shape index (κ1) is 12.5. The Morgan fingerprint density at radius 3 is 2.87 bits per heavy atom. The second kappa shape index (κ2) is 6.08. The number of hydrogen-bond donors (Lipinski definition) is 1. The first-order valence-electron chi connectivity index (χ1n) is 4.79. The van der Waals surface area contributed by atoms with Crippen LogP contribution in [0.3, 0.4) is 0 Å². The fraction of sp³-hybridized carbons (Fsp3) is 0.364. The minimum Gasteiger partial charge on any atom is -0.352 e.